The van der Waals surface area contributed by atoms with E-state index in [1.165, 1.54) is 0 Å². The van der Waals surface area contributed by atoms with Gasteiger partial charge in [-0.15, -0.1) is 11.6 Å². The Kier molecular flexibility index (Phi) is 6.11. The first-order valence-electron chi connectivity index (χ1n) is 11.2. The van der Waals surface area contributed by atoms with Crippen molar-refractivity contribution in [1.82, 2.24) is 9.55 Å². The van der Waals surface area contributed by atoms with Crippen molar-refractivity contribution in [2.45, 2.75) is 5.54 Å². The van der Waals surface area contributed by atoms with Crippen molar-refractivity contribution in [3.63, 3.8) is 0 Å². The lowest BCUT2D eigenvalue weighted by Crippen LogP contribution is -2.39. The molecule has 0 N–H and O–H groups in total. The highest BCUT2D eigenvalue weighted by molar-refractivity contribution is 6.30. The normalized spacial score (nSPS) is 11.3. The number of carbonyl (C=O) groups excluding carboxylic acids is 1. The summed E-state index contributed by atoms with van der Waals surface area (Å²) in [6.45, 7) is 0. The molecule has 0 saturated heterocycles. The third kappa shape index (κ3) is 3.74. The molecule has 0 amide bonds. The van der Waals surface area contributed by atoms with Gasteiger partial charge in [-0.3, -0.25) is 4.79 Å². The second-order valence-electron chi connectivity index (χ2n) is 8.05. The van der Waals surface area contributed by atoms with Crippen molar-refractivity contribution < 1.29 is 4.79 Å². The van der Waals surface area contributed by atoms with Gasteiger partial charge in [-0.1, -0.05) is 121 Å². The van der Waals surface area contributed by atoms with Gasteiger partial charge in [0.2, 0.25) is 5.78 Å². The lowest BCUT2D eigenvalue weighted by molar-refractivity contribution is 0.1000. The molecule has 0 atom stereocenters. The maximum Gasteiger partial charge on any atom is 0.213 e. The standard InChI is InChI=1S/C30H23ClN2O/c31-21-28(34)29-32-27(23-13-5-1-6-14-23)22-33(29)30(24-15-7-2-8-16-24,25-17-9-3-10-18-25)26-19-11-4-12-20-26/h1-20,22H,21H2. The summed E-state index contributed by atoms with van der Waals surface area (Å²) in [5.41, 5.74) is 3.89. The molecule has 3 nitrogen and oxygen atoms in total. The molecule has 0 aliphatic heterocycles. The molecule has 5 aromatic rings. The SMILES string of the molecule is O=C(CCl)c1nc(-c2ccccc2)cn1C(c1ccccc1)(c1ccccc1)c1ccccc1. The van der Waals surface area contributed by atoms with Gasteiger partial charge in [0.05, 0.1) is 11.6 Å². The van der Waals surface area contributed by atoms with E-state index in [4.69, 9.17) is 16.6 Å². The Hall–Kier alpha value is -3.95. The number of imidazole rings is 1. The molecule has 0 aliphatic rings. The van der Waals surface area contributed by atoms with E-state index in [0.29, 0.717) is 5.82 Å². The molecule has 0 unspecified atom stereocenters. The minimum atomic E-state index is -0.832. The van der Waals surface area contributed by atoms with Crippen LogP contribution in [0.2, 0.25) is 0 Å². The lowest BCUT2D eigenvalue weighted by Gasteiger charge is -2.38. The van der Waals surface area contributed by atoms with E-state index in [0.717, 1.165) is 27.9 Å². The molecule has 34 heavy (non-hydrogen) atoms. The second kappa shape index (κ2) is 9.50. The summed E-state index contributed by atoms with van der Waals surface area (Å²) in [6.07, 6.45) is 1.97. The van der Waals surface area contributed by atoms with Crippen LogP contribution in [0.15, 0.2) is 128 Å². The molecule has 1 heterocycles. The number of carbonyl (C=O) groups is 1. The van der Waals surface area contributed by atoms with Crippen molar-refractivity contribution in [2.75, 3.05) is 5.88 Å². The van der Waals surface area contributed by atoms with Gasteiger partial charge in [0.25, 0.3) is 0 Å². The molecular weight excluding hydrogens is 440 g/mol. The molecule has 0 aliphatic carbocycles. The summed E-state index contributed by atoms with van der Waals surface area (Å²) in [7, 11) is 0. The Bertz CT molecular complexity index is 1280. The number of Topliss-reactive ketones (excluding diaryl/α,β-unsaturated/α-hetero) is 1. The maximum atomic E-state index is 13.2. The number of nitrogens with zero attached hydrogens (tertiary/aromatic N) is 2. The number of aromatic nitrogens is 2. The van der Waals surface area contributed by atoms with Crippen LogP contribution >= 0.6 is 11.6 Å². The van der Waals surface area contributed by atoms with Crippen molar-refractivity contribution in [3.05, 3.63) is 150 Å². The second-order valence-corrected chi connectivity index (χ2v) is 8.32. The third-order valence-electron chi connectivity index (χ3n) is 6.08. The van der Waals surface area contributed by atoms with Crippen LogP contribution in [0.4, 0.5) is 0 Å². The van der Waals surface area contributed by atoms with Crippen LogP contribution < -0.4 is 0 Å². The Morgan fingerprint density at radius 1 is 0.676 bits per heavy atom. The minimum Gasteiger partial charge on any atom is -0.309 e. The smallest absolute Gasteiger partial charge is 0.213 e. The van der Waals surface area contributed by atoms with Gasteiger partial charge in [-0.25, -0.2) is 4.98 Å². The van der Waals surface area contributed by atoms with Gasteiger partial charge in [-0.05, 0) is 16.7 Å². The summed E-state index contributed by atoms with van der Waals surface area (Å²) in [5, 5.41) is 0. The quantitative estimate of drug-likeness (QED) is 0.151. The van der Waals surface area contributed by atoms with Gasteiger partial charge >= 0.3 is 0 Å². The molecule has 4 aromatic carbocycles. The van der Waals surface area contributed by atoms with Crippen molar-refractivity contribution in [1.29, 1.82) is 0 Å². The van der Waals surface area contributed by atoms with Crippen LogP contribution in [-0.4, -0.2) is 21.2 Å². The summed E-state index contributed by atoms with van der Waals surface area (Å²) >= 11 is 6.10. The monoisotopic (exact) mass is 462 g/mol. The summed E-state index contributed by atoms with van der Waals surface area (Å²) < 4.78 is 2.00. The molecule has 0 saturated carbocycles. The fraction of sp³-hybridized carbons (Fsp3) is 0.0667. The molecular formula is C30H23ClN2O. The number of rotatable bonds is 7. The van der Waals surface area contributed by atoms with Crippen LogP contribution in [0.25, 0.3) is 11.3 Å². The average Bonchev–Trinajstić information content (AvgIpc) is 3.37. The molecule has 0 bridgehead atoms. The molecule has 0 fully saturated rings. The van der Waals surface area contributed by atoms with Gasteiger partial charge in [0.1, 0.15) is 5.54 Å². The van der Waals surface area contributed by atoms with Gasteiger partial charge < -0.3 is 4.57 Å². The van der Waals surface area contributed by atoms with Crippen molar-refractivity contribution >= 4 is 17.4 Å². The highest BCUT2D eigenvalue weighted by Gasteiger charge is 2.41. The van der Waals surface area contributed by atoms with Gasteiger partial charge in [-0.2, -0.15) is 0 Å². The molecule has 5 rings (SSSR count). The first-order chi connectivity index (χ1) is 16.7. The molecule has 166 valence electrons. The maximum absolute atomic E-state index is 13.2. The van der Waals surface area contributed by atoms with E-state index >= 15 is 0 Å². The van der Waals surface area contributed by atoms with Crippen LogP contribution in [-0.2, 0) is 5.54 Å². The molecule has 1 aromatic heterocycles. The summed E-state index contributed by atoms with van der Waals surface area (Å²) in [5.74, 6) is -0.0545. The summed E-state index contributed by atoms with van der Waals surface area (Å²) in [4.78, 5) is 18.0. The lowest BCUT2D eigenvalue weighted by atomic mass is 9.76. The molecule has 0 radical (unpaired) electrons. The van der Waals surface area contributed by atoms with E-state index < -0.39 is 5.54 Å². The zero-order valence-corrected chi connectivity index (χ0v) is 19.3. The number of ketones is 1. The zero-order valence-electron chi connectivity index (χ0n) is 18.5. The Balaban J connectivity index is 1.92. The number of alkyl halides is 1. The van der Waals surface area contributed by atoms with E-state index in [2.05, 4.69) is 36.4 Å². The number of halogens is 1. The predicted octanol–water partition coefficient (Wildman–Crippen LogP) is 6.81. The first kappa shape index (κ1) is 21.9. The molecule has 4 heteroatoms. The van der Waals surface area contributed by atoms with E-state index in [1.807, 2.05) is 95.7 Å². The van der Waals surface area contributed by atoms with Crippen LogP contribution in [0.5, 0.6) is 0 Å². The fourth-order valence-corrected chi connectivity index (χ4v) is 4.72. The fourth-order valence-electron chi connectivity index (χ4n) is 4.60. The molecule has 0 spiro atoms. The largest absolute Gasteiger partial charge is 0.309 e. The Morgan fingerprint density at radius 2 is 1.09 bits per heavy atom. The number of benzene rings is 4. The zero-order chi connectivity index (χ0) is 23.4. The topological polar surface area (TPSA) is 34.9 Å². The van der Waals surface area contributed by atoms with Crippen LogP contribution in [0.3, 0.4) is 0 Å². The number of hydrogen-bond donors (Lipinski definition) is 0. The van der Waals surface area contributed by atoms with Gasteiger partial charge in [0.15, 0.2) is 5.82 Å². The van der Waals surface area contributed by atoms with Crippen molar-refractivity contribution in [3.8, 4) is 11.3 Å². The first-order valence-corrected chi connectivity index (χ1v) is 11.7. The van der Waals surface area contributed by atoms with Gasteiger partial charge in [0, 0.05) is 11.8 Å². The van der Waals surface area contributed by atoms with E-state index in [-0.39, 0.29) is 11.7 Å². The van der Waals surface area contributed by atoms with Crippen LogP contribution in [0, 0.1) is 0 Å². The Morgan fingerprint density at radius 3 is 1.50 bits per heavy atom. The summed E-state index contributed by atoms with van der Waals surface area (Å²) in [6, 6.07) is 40.6. The van der Waals surface area contributed by atoms with E-state index in [9.17, 15) is 4.79 Å². The highest BCUT2D eigenvalue weighted by atomic mass is 35.5. The average molecular weight is 463 g/mol. The number of hydrogen-bond acceptors (Lipinski definition) is 2. The van der Waals surface area contributed by atoms with E-state index in [1.54, 1.807) is 0 Å². The van der Waals surface area contributed by atoms with Crippen LogP contribution in [0.1, 0.15) is 27.3 Å². The minimum absolute atomic E-state index is 0.153. The Labute approximate surface area is 204 Å². The van der Waals surface area contributed by atoms with Crippen molar-refractivity contribution in [2.24, 2.45) is 0 Å². The third-order valence-corrected chi connectivity index (χ3v) is 6.33. The predicted molar refractivity (Wildman–Crippen MR) is 137 cm³/mol. The highest BCUT2D eigenvalue weighted by Crippen LogP contribution is 2.42.